The Balaban J connectivity index is 2.14. The van der Waals surface area contributed by atoms with E-state index < -0.39 is 0 Å². The third kappa shape index (κ3) is 2.61. The topological polar surface area (TPSA) is 35.8 Å². The minimum absolute atomic E-state index is 0.622. The maximum atomic E-state index is 9.08. The van der Waals surface area contributed by atoms with Crippen LogP contribution in [0.25, 0.3) is 0 Å². The van der Waals surface area contributed by atoms with Crippen LogP contribution in [-0.4, -0.2) is 34.4 Å². The Hall–Kier alpha value is -0.830. The molecule has 0 aromatic rings. The molecule has 0 spiro atoms. The minimum atomic E-state index is 0.622. The lowest BCUT2D eigenvalue weighted by atomic mass is 9.78. The van der Waals surface area contributed by atoms with Gasteiger partial charge >= 0.3 is 0 Å². The summed E-state index contributed by atoms with van der Waals surface area (Å²) in [5.41, 5.74) is 3.89. The maximum absolute atomic E-state index is 9.08. The molecule has 18 heavy (non-hydrogen) atoms. The van der Waals surface area contributed by atoms with Crippen molar-refractivity contribution >= 4 is 5.71 Å². The number of allylic oxidation sites excluding steroid dienone is 1. The molecule has 3 nitrogen and oxygen atoms in total. The third-order valence-corrected chi connectivity index (χ3v) is 4.50. The van der Waals surface area contributed by atoms with E-state index in [0.29, 0.717) is 12.1 Å². The first-order chi connectivity index (χ1) is 8.67. The Kier molecular flexibility index (Phi) is 4.44. The van der Waals surface area contributed by atoms with Crippen molar-refractivity contribution in [3.8, 4) is 0 Å². The fraction of sp³-hybridized carbons (Fsp3) is 0.800. The molecule has 1 N–H and O–H groups in total. The van der Waals surface area contributed by atoms with Crippen LogP contribution in [0.4, 0.5) is 0 Å². The van der Waals surface area contributed by atoms with Gasteiger partial charge in [0.05, 0.1) is 5.71 Å². The molecule has 1 atom stereocenters. The summed E-state index contributed by atoms with van der Waals surface area (Å²) >= 11 is 0. The van der Waals surface area contributed by atoms with E-state index >= 15 is 0 Å². The maximum Gasteiger partial charge on any atom is 0.0827 e. The van der Waals surface area contributed by atoms with Gasteiger partial charge in [0.1, 0.15) is 0 Å². The molecule has 2 aliphatic rings. The van der Waals surface area contributed by atoms with Gasteiger partial charge < -0.3 is 5.21 Å². The highest BCUT2D eigenvalue weighted by Crippen LogP contribution is 2.36. The SMILES string of the molecule is CCN(C(C)C)C1CCC2=C(CCC/C2=N\O)C1. The third-order valence-electron chi connectivity index (χ3n) is 4.50. The van der Waals surface area contributed by atoms with Crippen molar-refractivity contribution in [2.45, 2.75) is 71.4 Å². The van der Waals surface area contributed by atoms with Crippen molar-refractivity contribution in [2.75, 3.05) is 6.54 Å². The van der Waals surface area contributed by atoms with Gasteiger partial charge in [0.15, 0.2) is 0 Å². The summed E-state index contributed by atoms with van der Waals surface area (Å²) in [6, 6.07) is 1.31. The summed E-state index contributed by atoms with van der Waals surface area (Å²) in [4.78, 5) is 2.61. The fourth-order valence-electron chi connectivity index (χ4n) is 3.66. The zero-order valence-electron chi connectivity index (χ0n) is 11.9. The van der Waals surface area contributed by atoms with E-state index in [4.69, 9.17) is 5.21 Å². The fourth-order valence-corrected chi connectivity index (χ4v) is 3.66. The van der Waals surface area contributed by atoms with Crippen LogP contribution in [0.2, 0.25) is 0 Å². The lowest BCUT2D eigenvalue weighted by molar-refractivity contribution is 0.147. The van der Waals surface area contributed by atoms with E-state index in [2.05, 4.69) is 30.8 Å². The van der Waals surface area contributed by atoms with Gasteiger partial charge in [-0.25, -0.2) is 0 Å². The first kappa shape index (κ1) is 13.6. The van der Waals surface area contributed by atoms with E-state index in [1.54, 1.807) is 5.57 Å². The van der Waals surface area contributed by atoms with E-state index in [1.807, 2.05) is 0 Å². The first-order valence-electron chi connectivity index (χ1n) is 7.35. The van der Waals surface area contributed by atoms with Crippen LogP contribution >= 0.6 is 0 Å². The second kappa shape index (κ2) is 5.87. The summed E-state index contributed by atoms with van der Waals surface area (Å²) in [6.45, 7) is 7.96. The molecule has 3 heteroatoms. The summed E-state index contributed by atoms with van der Waals surface area (Å²) in [5.74, 6) is 0. The zero-order chi connectivity index (χ0) is 13.1. The Labute approximate surface area is 111 Å². The number of hydrogen-bond acceptors (Lipinski definition) is 3. The highest BCUT2D eigenvalue weighted by atomic mass is 16.4. The zero-order valence-corrected chi connectivity index (χ0v) is 11.9. The second-order valence-electron chi connectivity index (χ2n) is 5.80. The standard InChI is InChI=1S/C15H26N2O/c1-4-17(11(2)3)13-8-9-14-12(10-13)6-5-7-15(14)16-18/h11,13,18H,4-10H2,1-3H3/b16-15+. The lowest BCUT2D eigenvalue weighted by Gasteiger charge is -2.39. The highest BCUT2D eigenvalue weighted by Gasteiger charge is 2.30. The van der Waals surface area contributed by atoms with Crippen LogP contribution in [0, 0.1) is 0 Å². The predicted octanol–water partition coefficient (Wildman–Crippen LogP) is 3.58. The van der Waals surface area contributed by atoms with Gasteiger partial charge in [-0.2, -0.15) is 0 Å². The molecular weight excluding hydrogens is 224 g/mol. The van der Waals surface area contributed by atoms with Crippen molar-refractivity contribution in [1.29, 1.82) is 0 Å². The van der Waals surface area contributed by atoms with Crippen molar-refractivity contribution in [3.05, 3.63) is 11.1 Å². The van der Waals surface area contributed by atoms with E-state index in [-0.39, 0.29) is 0 Å². The quantitative estimate of drug-likeness (QED) is 0.614. The molecule has 2 rings (SSSR count). The molecule has 1 unspecified atom stereocenters. The van der Waals surface area contributed by atoms with Gasteiger partial charge in [-0.3, -0.25) is 4.90 Å². The Morgan fingerprint density at radius 3 is 2.72 bits per heavy atom. The predicted molar refractivity (Wildman–Crippen MR) is 75.3 cm³/mol. The van der Waals surface area contributed by atoms with Gasteiger partial charge in [0, 0.05) is 12.1 Å². The van der Waals surface area contributed by atoms with E-state index in [1.165, 1.54) is 24.8 Å². The van der Waals surface area contributed by atoms with Crippen LogP contribution in [0.5, 0.6) is 0 Å². The van der Waals surface area contributed by atoms with Crippen molar-refractivity contribution in [1.82, 2.24) is 4.90 Å². The molecule has 0 aromatic heterocycles. The van der Waals surface area contributed by atoms with Crippen LogP contribution in [-0.2, 0) is 0 Å². The summed E-state index contributed by atoms with van der Waals surface area (Å²) in [7, 11) is 0. The monoisotopic (exact) mass is 250 g/mol. The Morgan fingerprint density at radius 1 is 1.33 bits per heavy atom. The molecule has 0 saturated carbocycles. The normalized spacial score (nSPS) is 27.2. The number of rotatable bonds is 3. The van der Waals surface area contributed by atoms with E-state index in [0.717, 1.165) is 31.5 Å². The van der Waals surface area contributed by atoms with Gasteiger partial charge in [-0.15, -0.1) is 0 Å². The smallest absolute Gasteiger partial charge is 0.0827 e. The largest absolute Gasteiger partial charge is 0.411 e. The minimum Gasteiger partial charge on any atom is -0.411 e. The summed E-state index contributed by atoms with van der Waals surface area (Å²) < 4.78 is 0. The summed E-state index contributed by atoms with van der Waals surface area (Å²) in [5, 5.41) is 12.6. The molecule has 0 amide bonds. The first-order valence-corrected chi connectivity index (χ1v) is 7.35. The molecule has 0 fully saturated rings. The molecule has 0 radical (unpaired) electrons. The van der Waals surface area contributed by atoms with Gasteiger partial charge in [0.25, 0.3) is 0 Å². The highest BCUT2D eigenvalue weighted by molar-refractivity contribution is 6.01. The Bertz CT molecular complexity index is 358. The Morgan fingerprint density at radius 2 is 2.11 bits per heavy atom. The van der Waals surface area contributed by atoms with Crippen molar-refractivity contribution in [2.24, 2.45) is 5.16 Å². The molecule has 0 saturated heterocycles. The summed E-state index contributed by atoms with van der Waals surface area (Å²) in [6.07, 6.45) is 6.81. The van der Waals surface area contributed by atoms with Crippen LogP contribution in [0.15, 0.2) is 16.3 Å². The molecule has 0 bridgehead atoms. The van der Waals surface area contributed by atoms with Crippen LogP contribution in [0.1, 0.15) is 59.3 Å². The van der Waals surface area contributed by atoms with Gasteiger partial charge in [-0.1, -0.05) is 17.7 Å². The average molecular weight is 250 g/mol. The van der Waals surface area contributed by atoms with Crippen LogP contribution in [0.3, 0.4) is 0 Å². The van der Waals surface area contributed by atoms with Crippen molar-refractivity contribution in [3.63, 3.8) is 0 Å². The molecule has 2 aliphatic carbocycles. The molecule has 102 valence electrons. The second-order valence-corrected chi connectivity index (χ2v) is 5.80. The van der Waals surface area contributed by atoms with Gasteiger partial charge in [0.2, 0.25) is 0 Å². The van der Waals surface area contributed by atoms with Crippen LogP contribution < -0.4 is 0 Å². The average Bonchev–Trinajstić information content (AvgIpc) is 2.38. The van der Waals surface area contributed by atoms with E-state index in [9.17, 15) is 0 Å². The molecule has 0 aromatic carbocycles. The van der Waals surface area contributed by atoms with Gasteiger partial charge in [-0.05, 0) is 64.5 Å². The lowest BCUT2D eigenvalue weighted by Crippen LogP contribution is -2.42. The molecule has 0 heterocycles. The molecule has 0 aliphatic heterocycles. The number of hydrogen-bond donors (Lipinski definition) is 1. The van der Waals surface area contributed by atoms with Crippen molar-refractivity contribution < 1.29 is 5.21 Å². The molecular formula is C15H26N2O. The number of oxime groups is 1. The number of nitrogens with zero attached hydrogens (tertiary/aromatic N) is 2.